The summed E-state index contributed by atoms with van der Waals surface area (Å²) in [5, 5.41) is 19.5. The number of phenols is 1. The third kappa shape index (κ3) is 3.74. The summed E-state index contributed by atoms with van der Waals surface area (Å²) in [6.45, 7) is 4.15. The van der Waals surface area contributed by atoms with Crippen LogP contribution in [0.2, 0.25) is 0 Å². The minimum absolute atomic E-state index is 0.152. The first-order valence-electron chi connectivity index (χ1n) is 7.56. The van der Waals surface area contributed by atoms with Gasteiger partial charge in [-0.25, -0.2) is 0 Å². The number of nitrogens with zero attached hydrogens (tertiary/aromatic N) is 3. The van der Waals surface area contributed by atoms with Crippen LogP contribution in [0.5, 0.6) is 5.75 Å². The Morgan fingerprint density at radius 2 is 1.96 bits per heavy atom. The first-order valence-corrected chi connectivity index (χ1v) is 8.38. The molecule has 3 rings (SSSR count). The van der Waals surface area contributed by atoms with Gasteiger partial charge in [-0.05, 0) is 23.9 Å². The first kappa shape index (κ1) is 16.0. The van der Waals surface area contributed by atoms with Crippen molar-refractivity contribution in [2.75, 3.05) is 39.3 Å². The van der Waals surface area contributed by atoms with Crippen LogP contribution in [-0.4, -0.2) is 70.4 Å². The summed E-state index contributed by atoms with van der Waals surface area (Å²) in [4.78, 5) is 21.0. The summed E-state index contributed by atoms with van der Waals surface area (Å²) in [5.74, 6) is -0.106. The van der Waals surface area contributed by atoms with Crippen LogP contribution >= 0.6 is 11.8 Å². The number of aliphatic hydroxyl groups excluding tert-OH is 1. The highest BCUT2D eigenvalue weighted by Crippen LogP contribution is 2.32. The Hall–Kier alpha value is -1.83. The van der Waals surface area contributed by atoms with E-state index in [1.165, 1.54) is 11.8 Å². The van der Waals surface area contributed by atoms with Crippen LogP contribution in [-0.2, 0) is 4.79 Å². The number of amidine groups is 1. The molecular weight excluding hydrogens is 314 g/mol. The van der Waals surface area contributed by atoms with Gasteiger partial charge in [-0.3, -0.25) is 9.69 Å². The number of rotatable bonds is 3. The van der Waals surface area contributed by atoms with Crippen LogP contribution < -0.4 is 0 Å². The minimum atomic E-state index is -0.258. The number of aromatic hydroxyl groups is 1. The predicted octanol–water partition coefficient (Wildman–Crippen LogP) is 0.972. The molecule has 2 N–H and O–H groups in total. The highest BCUT2D eigenvalue weighted by Gasteiger charge is 2.28. The molecular formula is C16H19N3O3S. The molecule has 1 saturated heterocycles. The van der Waals surface area contributed by atoms with Crippen molar-refractivity contribution in [3.63, 3.8) is 0 Å². The van der Waals surface area contributed by atoms with Gasteiger partial charge in [0.25, 0.3) is 5.91 Å². The Morgan fingerprint density at radius 3 is 2.65 bits per heavy atom. The lowest BCUT2D eigenvalue weighted by Gasteiger charge is -2.34. The molecule has 122 valence electrons. The van der Waals surface area contributed by atoms with Crippen molar-refractivity contribution in [2.24, 2.45) is 4.99 Å². The second-order valence-corrected chi connectivity index (χ2v) is 6.43. The Kier molecular flexibility index (Phi) is 5.00. The Bertz CT molecular complexity index is 652. The largest absolute Gasteiger partial charge is 0.507 e. The van der Waals surface area contributed by atoms with Crippen LogP contribution in [0.1, 0.15) is 5.56 Å². The van der Waals surface area contributed by atoms with E-state index < -0.39 is 0 Å². The summed E-state index contributed by atoms with van der Waals surface area (Å²) < 4.78 is 0. The molecule has 0 radical (unpaired) electrons. The maximum absolute atomic E-state index is 12.1. The number of hydrogen-bond acceptors (Lipinski definition) is 6. The van der Waals surface area contributed by atoms with Gasteiger partial charge in [-0.1, -0.05) is 18.2 Å². The molecule has 0 bridgehead atoms. The van der Waals surface area contributed by atoms with Crippen LogP contribution in [0.25, 0.3) is 6.08 Å². The smallest absolute Gasteiger partial charge is 0.286 e. The highest BCUT2D eigenvalue weighted by atomic mass is 32.2. The average molecular weight is 333 g/mol. The van der Waals surface area contributed by atoms with E-state index in [-0.39, 0.29) is 18.3 Å². The van der Waals surface area contributed by atoms with Crippen molar-refractivity contribution in [1.82, 2.24) is 9.80 Å². The van der Waals surface area contributed by atoms with Gasteiger partial charge in [-0.2, -0.15) is 4.99 Å². The van der Waals surface area contributed by atoms with Gasteiger partial charge in [0.2, 0.25) is 0 Å². The van der Waals surface area contributed by atoms with Gasteiger partial charge in [0.05, 0.1) is 11.5 Å². The summed E-state index contributed by atoms with van der Waals surface area (Å²) >= 11 is 1.35. The van der Waals surface area contributed by atoms with Crippen molar-refractivity contribution in [3.8, 4) is 5.75 Å². The summed E-state index contributed by atoms with van der Waals surface area (Å²) in [7, 11) is 0. The summed E-state index contributed by atoms with van der Waals surface area (Å²) in [5.41, 5.74) is 0.618. The van der Waals surface area contributed by atoms with Crippen molar-refractivity contribution < 1.29 is 15.0 Å². The van der Waals surface area contributed by atoms with Crippen LogP contribution in [0.3, 0.4) is 0 Å². The van der Waals surface area contributed by atoms with E-state index in [0.29, 0.717) is 17.0 Å². The number of amides is 1. The van der Waals surface area contributed by atoms with Crippen LogP contribution in [0, 0.1) is 0 Å². The fourth-order valence-electron chi connectivity index (χ4n) is 2.59. The molecule has 2 aliphatic rings. The van der Waals surface area contributed by atoms with Gasteiger partial charge in [0, 0.05) is 38.3 Å². The van der Waals surface area contributed by atoms with Gasteiger partial charge >= 0.3 is 0 Å². The zero-order valence-corrected chi connectivity index (χ0v) is 13.5. The highest BCUT2D eigenvalue weighted by molar-refractivity contribution is 8.18. The number of benzene rings is 1. The lowest BCUT2D eigenvalue weighted by atomic mass is 10.2. The van der Waals surface area contributed by atoms with E-state index in [2.05, 4.69) is 14.8 Å². The van der Waals surface area contributed by atoms with Crippen molar-refractivity contribution in [2.45, 2.75) is 0 Å². The lowest BCUT2D eigenvalue weighted by molar-refractivity contribution is -0.113. The lowest BCUT2D eigenvalue weighted by Crippen LogP contribution is -2.48. The maximum atomic E-state index is 12.1. The van der Waals surface area contributed by atoms with E-state index in [0.717, 1.165) is 31.3 Å². The number of β-amino-alcohol motifs (C(OH)–C–C–N with tert-alkyl or cyclic N) is 1. The molecule has 0 spiro atoms. The fraction of sp³-hybridized carbons (Fsp3) is 0.375. The molecule has 0 aliphatic carbocycles. The van der Waals surface area contributed by atoms with Crippen molar-refractivity contribution in [1.29, 1.82) is 0 Å². The number of aliphatic hydroxyl groups is 1. The van der Waals surface area contributed by atoms with E-state index in [4.69, 9.17) is 5.11 Å². The number of thioether (sulfide) groups is 1. The third-order valence-corrected chi connectivity index (χ3v) is 4.94. The second kappa shape index (κ2) is 7.16. The predicted molar refractivity (Wildman–Crippen MR) is 91.2 cm³/mol. The number of hydrogen-bond donors (Lipinski definition) is 2. The van der Waals surface area contributed by atoms with E-state index >= 15 is 0 Å². The van der Waals surface area contributed by atoms with Crippen molar-refractivity contribution >= 4 is 28.9 Å². The number of piperazine rings is 1. The fourth-order valence-corrected chi connectivity index (χ4v) is 3.54. The molecule has 23 heavy (non-hydrogen) atoms. The number of aliphatic imine (C=N–C) groups is 1. The second-order valence-electron chi connectivity index (χ2n) is 5.42. The number of carbonyl (C=O) groups excluding carboxylic acids is 1. The Balaban J connectivity index is 1.66. The first-order chi connectivity index (χ1) is 11.2. The molecule has 0 unspecified atom stereocenters. The SMILES string of the molecule is O=C1N=C(N2CCN(CCO)CC2)S/C1=C/c1ccccc1O. The molecule has 0 atom stereocenters. The van der Waals surface area contributed by atoms with Gasteiger partial charge in [0.15, 0.2) is 5.17 Å². The zero-order valence-electron chi connectivity index (χ0n) is 12.7. The quantitative estimate of drug-likeness (QED) is 0.803. The van der Waals surface area contributed by atoms with E-state index in [1.807, 2.05) is 6.07 Å². The average Bonchev–Trinajstić information content (AvgIpc) is 2.92. The zero-order chi connectivity index (χ0) is 16.2. The third-order valence-electron chi connectivity index (χ3n) is 3.89. The maximum Gasteiger partial charge on any atom is 0.286 e. The normalized spacial score (nSPS) is 21.1. The number of carbonyl (C=O) groups is 1. The molecule has 6 nitrogen and oxygen atoms in total. The topological polar surface area (TPSA) is 76.4 Å². The van der Waals surface area contributed by atoms with Gasteiger partial charge in [0.1, 0.15) is 5.75 Å². The Labute approximate surface area is 139 Å². The molecule has 2 heterocycles. The van der Waals surface area contributed by atoms with Crippen LogP contribution in [0.4, 0.5) is 0 Å². The Morgan fingerprint density at radius 1 is 1.22 bits per heavy atom. The van der Waals surface area contributed by atoms with Gasteiger partial charge in [-0.15, -0.1) is 0 Å². The molecule has 2 aliphatic heterocycles. The molecule has 1 fully saturated rings. The molecule has 0 aromatic heterocycles. The van der Waals surface area contributed by atoms with Gasteiger partial charge < -0.3 is 15.1 Å². The van der Waals surface area contributed by atoms with Crippen molar-refractivity contribution in [3.05, 3.63) is 34.7 Å². The molecule has 7 heteroatoms. The molecule has 1 aromatic carbocycles. The van der Waals surface area contributed by atoms with E-state index in [9.17, 15) is 9.90 Å². The number of para-hydroxylation sites is 1. The standard InChI is InChI=1S/C16H19N3O3S/c20-10-9-18-5-7-19(8-6-18)16-17-15(22)14(23-16)11-12-3-1-2-4-13(12)21/h1-4,11,20-21H,5-10H2/b14-11+. The molecule has 0 saturated carbocycles. The monoisotopic (exact) mass is 333 g/mol. The summed E-state index contributed by atoms with van der Waals surface area (Å²) in [6.07, 6.45) is 1.68. The van der Waals surface area contributed by atoms with Crippen LogP contribution in [0.15, 0.2) is 34.2 Å². The number of phenolic OH excluding ortho intramolecular Hbond substituents is 1. The summed E-state index contributed by atoms with van der Waals surface area (Å²) in [6, 6.07) is 6.92. The molecule has 1 aromatic rings. The van der Waals surface area contributed by atoms with E-state index in [1.54, 1.807) is 24.3 Å². The minimum Gasteiger partial charge on any atom is -0.507 e. The molecule has 1 amide bonds.